The zero-order valence-electron chi connectivity index (χ0n) is 8.16. The maximum absolute atomic E-state index is 11.5. The van der Waals surface area contributed by atoms with Crippen LogP contribution in [0.25, 0.3) is 0 Å². The molecule has 0 aromatic rings. The van der Waals surface area contributed by atoms with Gasteiger partial charge in [-0.25, -0.2) is 0 Å². The van der Waals surface area contributed by atoms with Crippen LogP contribution in [0.15, 0.2) is 5.16 Å². The maximum Gasteiger partial charge on any atom is 0.143 e. The number of nitrogens with zero attached hydrogens (tertiary/aromatic N) is 2. The van der Waals surface area contributed by atoms with E-state index >= 15 is 0 Å². The smallest absolute Gasteiger partial charge is 0.143 e. The van der Waals surface area contributed by atoms with Gasteiger partial charge in [-0.3, -0.25) is 4.79 Å². The standard InChI is InChI=1S/C9H16N2O2/c1-7(10-13)5-9(12)8-3-4-11(2)6-8/h8,13H,3-6H2,1-2H3/b10-7+/t8-/m1/s1. The van der Waals surface area contributed by atoms with Gasteiger partial charge in [0, 0.05) is 18.9 Å². The molecule has 0 aromatic carbocycles. The summed E-state index contributed by atoms with van der Waals surface area (Å²) in [5, 5.41) is 11.4. The molecular weight excluding hydrogens is 168 g/mol. The van der Waals surface area contributed by atoms with E-state index in [2.05, 4.69) is 10.1 Å². The summed E-state index contributed by atoms with van der Waals surface area (Å²) in [6.07, 6.45) is 1.23. The molecule has 0 amide bonds. The maximum atomic E-state index is 11.5. The van der Waals surface area contributed by atoms with Crippen molar-refractivity contribution in [1.29, 1.82) is 0 Å². The van der Waals surface area contributed by atoms with Crippen LogP contribution in [0.2, 0.25) is 0 Å². The van der Waals surface area contributed by atoms with Crippen LogP contribution in [-0.4, -0.2) is 41.7 Å². The highest BCUT2D eigenvalue weighted by Crippen LogP contribution is 2.16. The molecule has 1 rings (SSSR count). The lowest BCUT2D eigenvalue weighted by Crippen LogP contribution is -2.21. The van der Waals surface area contributed by atoms with Crippen LogP contribution in [0.3, 0.4) is 0 Å². The number of rotatable bonds is 3. The first-order valence-electron chi connectivity index (χ1n) is 4.52. The zero-order valence-corrected chi connectivity index (χ0v) is 8.16. The van der Waals surface area contributed by atoms with Crippen molar-refractivity contribution in [2.24, 2.45) is 11.1 Å². The first-order chi connectivity index (χ1) is 6.13. The second-order valence-corrected chi connectivity index (χ2v) is 3.73. The second kappa shape index (κ2) is 4.37. The largest absolute Gasteiger partial charge is 0.411 e. The Kier molecular flexibility index (Phi) is 3.42. The molecule has 1 N–H and O–H groups in total. The minimum Gasteiger partial charge on any atom is -0.411 e. The van der Waals surface area contributed by atoms with Crippen molar-refractivity contribution in [3.63, 3.8) is 0 Å². The molecule has 0 aromatic heterocycles. The van der Waals surface area contributed by atoms with Crippen molar-refractivity contribution in [1.82, 2.24) is 4.90 Å². The van der Waals surface area contributed by atoms with Crippen LogP contribution in [0.4, 0.5) is 0 Å². The van der Waals surface area contributed by atoms with Gasteiger partial charge in [-0.1, -0.05) is 5.16 Å². The Bertz CT molecular complexity index is 226. The van der Waals surface area contributed by atoms with Gasteiger partial charge in [-0.15, -0.1) is 0 Å². The number of Topliss-reactive ketones (excluding diaryl/α,β-unsaturated/α-hetero) is 1. The van der Waals surface area contributed by atoms with E-state index in [0.29, 0.717) is 5.71 Å². The van der Waals surface area contributed by atoms with E-state index in [1.54, 1.807) is 6.92 Å². The van der Waals surface area contributed by atoms with Crippen molar-refractivity contribution in [3.8, 4) is 0 Å². The molecule has 1 saturated heterocycles. The lowest BCUT2D eigenvalue weighted by molar-refractivity contribution is -0.121. The predicted molar refractivity (Wildman–Crippen MR) is 50.1 cm³/mol. The number of hydrogen-bond acceptors (Lipinski definition) is 4. The molecule has 1 atom stereocenters. The van der Waals surface area contributed by atoms with Crippen molar-refractivity contribution >= 4 is 11.5 Å². The quantitative estimate of drug-likeness (QED) is 0.400. The summed E-state index contributed by atoms with van der Waals surface area (Å²) in [6, 6.07) is 0. The number of carbonyl (C=O) groups is 1. The Morgan fingerprint density at radius 1 is 1.69 bits per heavy atom. The van der Waals surface area contributed by atoms with E-state index in [1.807, 2.05) is 7.05 Å². The fraction of sp³-hybridized carbons (Fsp3) is 0.778. The average molecular weight is 184 g/mol. The van der Waals surface area contributed by atoms with Gasteiger partial charge in [0.15, 0.2) is 0 Å². The highest BCUT2D eigenvalue weighted by molar-refractivity contribution is 6.01. The molecule has 1 aliphatic rings. The van der Waals surface area contributed by atoms with Crippen LogP contribution >= 0.6 is 0 Å². The molecule has 74 valence electrons. The van der Waals surface area contributed by atoms with E-state index in [9.17, 15) is 4.79 Å². The minimum absolute atomic E-state index is 0.140. The van der Waals surface area contributed by atoms with Crippen molar-refractivity contribution in [2.75, 3.05) is 20.1 Å². The summed E-state index contributed by atoms with van der Waals surface area (Å²) >= 11 is 0. The number of hydrogen-bond donors (Lipinski definition) is 1. The molecule has 13 heavy (non-hydrogen) atoms. The third-order valence-electron chi connectivity index (χ3n) is 2.45. The Morgan fingerprint density at radius 2 is 2.38 bits per heavy atom. The monoisotopic (exact) mass is 184 g/mol. The molecule has 0 aliphatic carbocycles. The Hall–Kier alpha value is -0.900. The van der Waals surface area contributed by atoms with Crippen molar-refractivity contribution in [2.45, 2.75) is 19.8 Å². The molecule has 1 heterocycles. The molecule has 4 heteroatoms. The molecule has 1 fully saturated rings. The van der Waals surface area contributed by atoms with Gasteiger partial charge in [0.25, 0.3) is 0 Å². The van der Waals surface area contributed by atoms with E-state index < -0.39 is 0 Å². The summed E-state index contributed by atoms with van der Waals surface area (Å²) in [6.45, 7) is 3.50. The molecule has 4 nitrogen and oxygen atoms in total. The fourth-order valence-electron chi connectivity index (χ4n) is 1.63. The fourth-order valence-corrected chi connectivity index (χ4v) is 1.63. The van der Waals surface area contributed by atoms with Gasteiger partial charge in [0.1, 0.15) is 5.78 Å². The van der Waals surface area contributed by atoms with E-state index in [1.165, 1.54) is 0 Å². The molecule has 0 bridgehead atoms. The number of likely N-dealkylation sites (tertiary alicyclic amines) is 1. The van der Waals surface area contributed by atoms with Gasteiger partial charge in [-0.05, 0) is 26.9 Å². The van der Waals surface area contributed by atoms with Crippen molar-refractivity contribution in [3.05, 3.63) is 0 Å². The molecule has 1 aliphatic heterocycles. The minimum atomic E-state index is 0.140. The van der Waals surface area contributed by atoms with Crippen LogP contribution < -0.4 is 0 Å². The van der Waals surface area contributed by atoms with E-state index in [0.717, 1.165) is 19.5 Å². The third-order valence-corrected chi connectivity index (χ3v) is 2.45. The van der Waals surface area contributed by atoms with Crippen LogP contribution in [0.5, 0.6) is 0 Å². The molecule has 0 spiro atoms. The third kappa shape index (κ3) is 2.81. The lowest BCUT2D eigenvalue weighted by Gasteiger charge is -2.08. The Balaban J connectivity index is 2.40. The van der Waals surface area contributed by atoms with Gasteiger partial charge >= 0.3 is 0 Å². The molecular formula is C9H16N2O2. The number of oxime groups is 1. The number of ketones is 1. The topological polar surface area (TPSA) is 52.9 Å². The van der Waals surface area contributed by atoms with Gasteiger partial charge in [0.2, 0.25) is 0 Å². The summed E-state index contributed by atoms with van der Waals surface area (Å²) < 4.78 is 0. The summed E-state index contributed by atoms with van der Waals surface area (Å²) in [4.78, 5) is 13.7. The first kappa shape index (κ1) is 10.2. The molecule has 0 saturated carbocycles. The predicted octanol–water partition coefficient (Wildman–Crippen LogP) is 0.747. The van der Waals surface area contributed by atoms with Gasteiger partial charge < -0.3 is 10.1 Å². The lowest BCUT2D eigenvalue weighted by atomic mass is 9.99. The highest BCUT2D eigenvalue weighted by atomic mass is 16.4. The highest BCUT2D eigenvalue weighted by Gasteiger charge is 2.25. The SMILES string of the molecule is C/C(CC(=O)[C@@H]1CCN(C)C1)=N\O. The average Bonchev–Trinajstić information content (AvgIpc) is 2.51. The zero-order chi connectivity index (χ0) is 9.84. The molecule has 0 unspecified atom stereocenters. The van der Waals surface area contributed by atoms with Crippen LogP contribution in [0, 0.1) is 5.92 Å². The van der Waals surface area contributed by atoms with E-state index in [-0.39, 0.29) is 18.1 Å². The van der Waals surface area contributed by atoms with Crippen LogP contribution in [-0.2, 0) is 4.79 Å². The summed E-state index contributed by atoms with van der Waals surface area (Å²) in [5.74, 6) is 0.335. The molecule has 0 radical (unpaired) electrons. The van der Waals surface area contributed by atoms with Crippen molar-refractivity contribution < 1.29 is 10.0 Å². The summed E-state index contributed by atoms with van der Waals surface area (Å²) in [5.41, 5.74) is 0.500. The second-order valence-electron chi connectivity index (χ2n) is 3.73. The van der Waals surface area contributed by atoms with Gasteiger partial charge in [-0.2, -0.15) is 0 Å². The van der Waals surface area contributed by atoms with Crippen LogP contribution in [0.1, 0.15) is 19.8 Å². The summed E-state index contributed by atoms with van der Waals surface area (Å²) in [7, 11) is 2.01. The number of carbonyl (C=O) groups excluding carboxylic acids is 1. The normalized spacial score (nSPS) is 25.1. The Morgan fingerprint density at radius 3 is 2.85 bits per heavy atom. The van der Waals surface area contributed by atoms with Gasteiger partial charge in [0.05, 0.1) is 5.71 Å². The Labute approximate surface area is 78.2 Å². The van der Waals surface area contributed by atoms with E-state index in [4.69, 9.17) is 5.21 Å². The first-order valence-corrected chi connectivity index (χ1v) is 4.52.